The number of hydrogen-bond donors (Lipinski definition) is 1. The summed E-state index contributed by atoms with van der Waals surface area (Å²) in [5.74, 6) is 0. The molecule has 1 aromatic carbocycles. The highest BCUT2D eigenvalue weighted by atomic mass is 35.5. The van der Waals surface area contributed by atoms with E-state index in [2.05, 4.69) is 14.7 Å². The predicted molar refractivity (Wildman–Crippen MR) is 86.8 cm³/mol. The van der Waals surface area contributed by atoms with Crippen LogP contribution in [0.25, 0.3) is 10.9 Å². The fourth-order valence-corrected chi connectivity index (χ4v) is 3.75. The Kier molecular flexibility index (Phi) is 3.90. The summed E-state index contributed by atoms with van der Waals surface area (Å²) in [6, 6.07) is 9.92. The maximum absolute atomic E-state index is 12.5. The van der Waals surface area contributed by atoms with Gasteiger partial charge in [0.25, 0.3) is 10.0 Å². The van der Waals surface area contributed by atoms with Crippen LogP contribution in [0.4, 0.5) is 5.69 Å². The number of anilines is 1. The minimum atomic E-state index is -3.98. The zero-order valence-corrected chi connectivity index (χ0v) is 13.3. The lowest BCUT2D eigenvalue weighted by Crippen LogP contribution is -2.15. The van der Waals surface area contributed by atoms with Crippen molar-refractivity contribution in [1.29, 1.82) is 0 Å². The molecule has 0 saturated carbocycles. The Bertz CT molecular complexity index is 961. The van der Waals surface area contributed by atoms with Crippen LogP contribution in [0.1, 0.15) is 0 Å². The monoisotopic (exact) mass is 353 g/mol. The van der Waals surface area contributed by atoms with E-state index in [0.717, 1.165) is 5.39 Å². The largest absolute Gasteiger partial charge is 0.281 e. The second-order valence-corrected chi connectivity index (χ2v) is 6.81. The van der Waals surface area contributed by atoms with Gasteiger partial charge in [-0.1, -0.05) is 35.3 Å². The molecule has 0 unspecified atom stereocenters. The van der Waals surface area contributed by atoms with E-state index in [1.807, 2.05) is 6.07 Å². The highest BCUT2D eigenvalue weighted by Crippen LogP contribution is 2.32. The molecule has 2 aromatic heterocycles. The third-order valence-corrected chi connectivity index (χ3v) is 4.98. The summed E-state index contributed by atoms with van der Waals surface area (Å²) in [7, 11) is -3.98. The van der Waals surface area contributed by atoms with Crippen LogP contribution in [0, 0.1) is 0 Å². The number of fused-ring (bicyclic) bond motifs is 1. The van der Waals surface area contributed by atoms with Crippen molar-refractivity contribution in [3.05, 3.63) is 58.8 Å². The predicted octanol–water partition coefficient (Wildman–Crippen LogP) is 3.74. The van der Waals surface area contributed by atoms with E-state index in [9.17, 15) is 8.42 Å². The quantitative estimate of drug-likeness (QED) is 0.778. The molecule has 0 aliphatic heterocycles. The van der Waals surface area contributed by atoms with Crippen molar-refractivity contribution in [3.63, 3.8) is 0 Å². The van der Waals surface area contributed by atoms with Crippen molar-refractivity contribution in [3.8, 4) is 0 Å². The molecule has 0 radical (unpaired) electrons. The molecule has 0 bridgehead atoms. The van der Waals surface area contributed by atoms with Gasteiger partial charge in [0.1, 0.15) is 0 Å². The number of halogens is 2. The Morgan fingerprint density at radius 2 is 1.64 bits per heavy atom. The lowest BCUT2D eigenvalue weighted by Gasteiger charge is -2.12. The SMILES string of the molecule is O=S(=O)(Nc1c(Cl)ccc2cccnc12)c1ncccc1Cl. The Hall–Kier alpha value is -1.89. The maximum atomic E-state index is 12.5. The molecular formula is C14H9Cl2N3O2S. The Labute approximate surface area is 137 Å². The molecule has 1 N–H and O–H groups in total. The number of hydrogen-bond acceptors (Lipinski definition) is 4. The first-order chi connectivity index (χ1) is 10.5. The molecule has 5 nitrogen and oxygen atoms in total. The molecule has 0 fully saturated rings. The average Bonchev–Trinajstić information content (AvgIpc) is 2.50. The summed E-state index contributed by atoms with van der Waals surface area (Å²) in [4.78, 5) is 7.99. The van der Waals surface area contributed by atoms with Gasteiger partial charge in [0.2, 0.25) is 0 Å². The van der Waals surface area contributed by atoms with Crippen LogP contribution in [0.3, 0.4) is 0 Å². The Morgan fingerprint density at radius 3 is 2.41 bits per heavy atom. The minimum Gasteiger partial charge on any atom is -0.275 e. The van der Waals surface area contributed by atoms with Crippen LogP contribution in [0.5, 0.6) is 0 Å². The number of aromatic nitrogens is 2. The van der Waals surface area contributed by atoms with Crippen molar-refractivity contribution in [2.75, 3.05) is 4.72 Å². The summed E-state index contributed by atoms with van der Waals surface area (Å²) >= 11 is 12.0. The van der Waals surface area contributed by atoms with Crippen molar-refractivity contribution in [2.45, 2.75) is 5.03 Å². The van der Waals surface area contributed by atoms with Crippen LogP contribution in [0.2, 0.25) is 10.0 Å². The van der Waals surface area contributed by atoms with Gasteiger partial charge in [0, 0.05) is 17.8 Å². The van der Waals surface area contributed by atoms with Gasteiger partial charge in [-0.05, 0) is 24.3 Å². The van der Waals surface area contributed by atoms with Gasteiger partial charge in [-0.25, -0.2) is 4.98 Å². The summed E-state index contributed by atoms with van der Waals surface area (Å²) in [5, 5.41) is 0.763. The molecule has 0 atom stereocenters. The second-order valence-electron chi connectivity index (χ2n) is 4.39. The summed E-state index contributed by atoms with van der Waals surface area (Å²) in [5.41, 5.74) is 0.645. The number of pyridine rings is 2. The first-order valence-electron chi connectivity index (χ1n) is 6.15. The third-order valence-electron chi connectivity index (χ3n) is 2.94. The summed E-state index contributed by atoms with van der Waals surface area (Å²) in [6.45, 7) is 0. The van der Waals surface area contributed by atoms with E-state index in [1.165, 1.54) is 12.3 Å². The van der Waals surface area contributed by atoms with Gasteiger partial charge in [-0.15, -0.1) is 0 Å². The van der Waals surface area contributed by atoms with Crippen LogP contribution >= 0.6 is 23.2 Å². The van der Waals surface area contributed by atoms with Crippen molar-refractivity contribution < 1.29 is 8.42 Å². The van der Waals surface area contributed by atoms with E-state index < -0.39 is 10.0 Å². The maximum Gasteiger partial charge on any atom is 0.281 e. The molecule has 22 heavy (non-hydrogen) atoms. The normalized spacial score (nSPS) is 11.5. The zero-order valence-electron chi connectivity index (χ0n) is 11.0. The Balaban J connectivity index is 2.14. The van der Waals surface area contributed by atoms with Crippen LogP contribution in [-0.4, -0.2) is 18.4 Å². The number of benzene rings is 1. The number of rotatable bonds is 3. The van der Waals surface area contributed by atoms with Crippen molar-refractivity contribution in [1.82, 2.24) is 9.97 Å². The molecule has 0 aliphatic rings. The highest BCUT2D eigenvalue weighted by Gasteiger charge is 2.22. The first-order valence-corrected chi connectivity index (χ1v) is 8.39. The van der Waals surface area contributed by atoms with E-state index in [0.29, 0.717) is 5.52 Å². The fraction of sp³-hybridized carbons (Fsp3) is 0. The average molecular weight is 354 g/mol. The zero-order chi connectivity index (χ0) is 15.7. The van der Waals surface area contributed by atoms with E-state index in [4.69, 9.17) is 23.2 Å². The molecule has 112 valence electrons. The molecular weight excluding hydrogens is 345 g/mol. The fourth-order valence-electron chi connectivity index (χ4n) is 1.97. The highest BCUT2D eigenvalue weighted by molar-refractivity contribution is 7.92. The van der Waals surface area contributed by atoms with E-state index >= 15 is 0 Å². The first kappa shape index (κ1) is 15.0. The van der Waals surface area contributed by atoms with Gasteiger partial charge in [0.05, 0.1) is 21.2 Å². The summed E-state index contributed by atoms with van der Waals surface area (Å²) < 4.78 is 27.4. The van der Waals surface area contributed by atoms with Gasteiger partial charge >= 0.3 is 0 Å². The lowest BCUT2D eigenvalue weighted by atomic mass is 10.2. The number of sulfonamides is 1. The van der Waals surface area contributed by atoms with E-state index in [-0.39, 0.29) is 20.8 Å². The number of nitrogens with zero attached hydrogens (tertiary/aromatic N) is 2. The van der Waals surface area contributed by atoms with Gasteiger partial charge < -0.3 is 0 Å². The van der Waals surface area contributed by atoms with Crippen LogP contribution in [0.15, 0.2) is 53.8 Å². The van der Waals surface area contributed by atoms with Crippen molar-refractivity contribution in [2.24, 2.45) is 0 Å². The second kappa shape index (κ2) is 5.72. The Morgan fingerprint density at radius 1 is 0.909 bits per heavy atom. The molecule has 3 rings (SSSR count). The number of nitrogens with one attached hydrogen (secondary N) is 1. The van der Waals surface area contributed by atoms with Crippen LogP contribution in [-0.2, 0) is 10.0 Å². The van der Waals surface area contributed by atoms with Gasteiger partial charge in [-0.2, -0.15) is 8.42 Å². The molecule has 0 aliphatic carbocycles. The summed E-state index contributed by atoms with van der Waals surface area (Å²) in [6.07, 6.45) is 2.91. The van der Waals surface area contributed by atoms with Gasteiger partial charge in [0.15, 0.2) is 5.03 Å². The molecule has 0 saturated heterocycles. The van der Waals surface area contributed by atoms with E-state index in [1.54, 1.807) is 30.5 Å². The van der Waals surface area contributed by atoms with Crippen molar-refractivity contribution >= 4 is 49.8 Å². The third kappa shape index (κ3) is 2.72. The molecule has 2 heterocycles. The molecule has 3 aromatic rings. The standard InChI is InChI=1S/C14H9Cl2N3O2S/c15-10-6-5-9-3-1-7-17-12(9)13(10)19-22(20,21)14-11(16)4-2-8-18-14/h1-8,19H. The smallest absolute Gasteiger partial charge is 0.275 e. The van der Waals surface area contributed by atoms with Gasteiger partial charge in [-0.3, -0.25) is 9.71 Å². The lowest BCUT2D eigenvalue weighted by molar-refractivity contribution is 0.597. The topological polar surface area (TPSA) is 72.0 Å². The molecule has 0 spiro atoms. The van der Waals surface area contributed by atoms with Crippen LogP contribution < -0.4 is 4.72 Å². The molecule has 8 heteroatoms. The minimum absolute atomic E-state index is 0.0271. The molecule has 0 amide bonds.